The molecule has 0 atom stereocenters. The third kappa shape index (κ3) is 2.06. The van der Waals surface area contributed by atoms with Crippen LogP contribution in [0.4, 0.5) is 0 Å². The highest BCUT2D eigenvalue weighted by atomic mass is 16.6. The summed E-state index contributed by atoms with van der Waals surface area (Å²) in [4.78, 5) is 12.2. The molecule has 2 heterocycles. The number of hydrogen-bond donors (Lipinski definition) is 0. The average molecular weight is 246 g/mol. The summed E-state index contributed by atoms with van der Waals surface area (Å²) in [5.74, 6) is 1.35. The van der Waals surface area contributed by atoms with Crippen LogP contribution < -0.4 is 9.47 Å². The summed E-state index contributed by atoms with van der Waals surface area (Å²) in [5.41, 5.74) is 1.34. The lowest BCUT2D eigenvalue weighted by atomic mass is 9.99. The van der Waals surface area contributed by atoms with E-state index in [1.807, 2.05) is 0 Å². The Kier molecular flexibility index (Phi) is 2.92. The van der Waals surface area contributed by atoms with E-state index >= 15 is 0 Å². The Bertz CT molecular complexity index is 505. The fourth-order valence-corrected chi connectivity index (χ4v) is 2.10. The molecule has 1 aromatic carbocycles. The second-order valence-corrected chi connectivity index (χ2v) is 4.30. The first-order chi connectivity index (χ1) is 8.84. The lowest BCUT2D eigenvalue weighted by molar-refractivity contribution is 0.101. The molecule has 0 amide bonds. The maximum atomic E-state index is 12.2. The van der Waals surface area contributed by atoms with Gasteiger partial charge in [-0.15, -0.1) is 0 Å². The Hall–Kier alpha value is -1.97. The van der Waals surface area contributed by atoms with Gasteiger partial charge in [0.15, 0.2) is 17.3 Å². The SMILES string of the molecule is O=C(C1=COCCC1)c1ccc2c(c1)OCCO2. The summed E-state index contributed by atoms with van der Waals surface area (Å²) in [6, 6.07) is 5.30. The van der Waals surface area contributed by atoms with E-state index < -0.39 is 0 Å². The van der Waals surface area contributed by atoms with Crippen molar-refractivity contribution in [1.29, 1.82) is 0 Å². The standard InChI is InChI=1S/C14H14O4/c15-14(11-2-1-5-16-9-11)10-3-4-12-13(8-10)18-7-6-17-12/h3-4,8-9H,1-2,5-7H2. The van der Waals surface area contributed by atoms with Gasteiger partial charge < -0.3 is 14.2 Å². The molecule has 0 saturated carbocycles. The zero-order valence-electron chi connectivity index (χ0n) is 9.98. The van der Waals surface area contributed by atoms with Crippen LogP contribution >= 0.6 is 0 Å². The third-order valence-corrected chi connectivity index (χ3v) is 3.03. The molecule has 0 aliphatic carbocycles. The smallest absolute Gasteiger partial charge is 0.192 e. The number of rotatable bonds is 2. The predicted molar refractivity (Wildman–Crippen MR) is 65.0 cm³/mol. The van der Waals surface area contributed by atoms with Crippen molar-refractivity contribution >= 4 is 5.78 Å². The van der Waals surface area contributed by atoms with Crippen molar-refractivity contribution in [3.05, 3.63) is 35.6 Å². The van der Waals surface area contributed by atoms with Crippen LogP contribution in [-0.4, -0.2) is 25.6 Å². The van der Waals surface area contributed by atoms with Crippen LogP contribution in [0.3, 0.4) is 0 Å². The molecule has 0 fully saturated rings. The van der Waals surface area contributed by atoms with Gasteiger partial charge in [0.05, 0.1) is 12.9 Å². The van der Waals surface area contributed by atoms with E-state index in [1.165, 1.54) is 0 Å². The molecule has 0 spiro atoms. The minimum atomic E-state index is 0.00618. The van der Waals surface area contributed by atoms with Gasteiger partial charge in [0.1, 0.15) is 13.2 Å². The van der Waals surface area contributed by atoms with Gasteiger partial charge in [-0.25, -0.2) is 0 Å². The Morgan fingerprint density at radius 3 is 2.67 bits per heavy atom. The van der Waals surface area contributed by atoms with E-state index in [-0.39, 0.29) is 5.78 Å². The maximum Gasteiger partial charge on any atom is 0.192 e. The minimum absolute atomic E-state index is 0.00618. The molecular formula is C14H14O4. The Balaban J connectivity index is 1.87. The molecule has 4 nitrogen and oxygen atoms in total. The van der Waals surface area contributed by atoms with Gasteiger partial charge in [-0.3, -0.25) is 4.79 Å². The molecule has 0 N–H and O–H groups in total. The Morgan fingerprint density at radius 2 is 1.89 bits per heavy atom. The highest BCUT2D eigenvalue weighted by Gasteiger charge is 2.19. The van der Waals surface area contributed by atoms with Crippen molar-refractivity contribution in [1.82, 2.24) is 0 Å². The van der Waals surface area contributed by atoms with Crippen LogP contribution in [0.15, 0.2) is 30.0 Å². The van der Waals surface area contributed by atoms with Crippen LogP contribution in [-0.2, 0) is 4.74 Å². The molecule has 0 radical (unpaired) electrons. The van der Waals surface area contributed by atoms with Gasteiger partial charge >= 0.3 is 0 Å². The summed E-state index contributed by atoms with van der Waals surface area (Å²) in [7, 11) is 0. The van der Waals surface area contributed by atoms with Gasteiger partial charge in [0.25, 0.3) is 0 Å². The number of ketones is 1. The van der Waals surface area contributed by atoms with Gasteiger partial charge in [0, 0.05) is 11.1 Å². The van der Waals surface area contributed by atoms with Crippen LogP contribution in [0.1, 0.15) is 23.2 Å². The van der Waals surface area contributed by atoms with Gasteiger partial charge in [-0.05, 0) is 31.0 Å². The lowest BCUT2D eigenvalue weighted by Crippen LogP contribution is -2.16. The first-order valence-electron chi connectivity index (χ1n) is 6.09. The number of carbonyl (C=O) groups excluding carboxylic acids is 1. The van der Waals surface area contributed by atoms with E-state index in [2.05, 4.69) is 0 Å². The predicted octanol–water partition coefficient (Wildman–Crippen LogP) is 2.33. The largest absolute Gasteiger partial charge is 0.501 e. The number of carbonyl (C=O) groups is 1. The van der Waals surface area contributed by atoms with Crippen LogP contribution in [0, 0.1) is 0 Å². The minimum Gasteiger partial charge on any atom is -0.501 e. The summed E-state index contributed by atoms with van der Waals surface area (Å²) >= 11 is 0. The molecule has 3 rings (SSSR count). The second-order valence-electron chi connectivity index (χ2n) is 4.30. The normalized spacial score (nSPS) is 17.7. The molecule has 94 valence electrons. The topological polar surface area (TPSA) is 44.8 Å². The number of allylic oxidation sites excluding steroid dienone is 1. The first-order valence-corrected chi connectivity index (χ1v) is 6.09. The summed E-state index contributed by atoms with van der Waals surface area (Å²) in [5, 5.41) is 0. The highest BCUT2D eigenvalue weighted by molar-refractivity contribution is 6.08. The highest BCUT2D eigenvalue weighted by Crippen LogP contribution is 2.31. The average Bonchev–Trinajstić information content (AvgIpc) is 2.47. The molecule has 0 unspecified atom stereocenters. The Labute approximate surface area is 105 Å². The molecule has 1 aromatic rings. The summed E-state index contributed by atoms with van der Waals surface area (Å²) < 4.78 is 16.1. The molecule has 18 heavy (non-hydrogen) atoms. The monoisotopic (exact) mass is 246 g/mol. The number of Topliss-reactive ketones (excluding diaryl/α,β-unsaturated/α-hetero) is 1. The molecule has 4 heteroatoms. The van der Waals surface area contributed by atoms with Crippen molar-refractivity contribution in [2.24, 2.45) is 0 Å². The number of benzene rings is 1. The molecule has 2 aliphatic heterocycles. The zero-order valence-corrected chi connectivity index (χ0v) is 9.98. The fraction of sp³-hybridized carbons (Fsp3) is 0.357. The summed E-state index contributed by atoms with van der Waals surface area (Å²) in [6.07, 6.45) is 3.23. The van der Waals surface area contributed by atoms with Gasteiger partial charge in [0.2, 0.25) is 0 Å². The second kappa shape index (κ2) is 4.72. The molecule has 0 saturated heterocycles. The molecule has 2 aliphatic rings. The van der Waals surface area contributed by atoms with E-state index in [4.69, 9.17) is 14.2 Å². The maximum absolute atomic E-state index is 12.2. The van der Waals surface area contributed by atoms with E-state index in [1.54, 1.807) is 24.5 Å². The van der Waals surface area contributed by atoms with Crippen molar-refractivity contribution in [3.8, 4) is 11.5 Å². The quantitative estimate of drug-likeness (QED) is 0.751. The van der Waals surface area contributed by atoms with Gasteiger partial charge in [-0.1, -0.05) is 0 Å². The van der Waals surface area contributed by atoms with Crippen molar-refractivity contribution < 1.29 is 19.0 Å². The van der Waals surface area contributed by atoms with Crippen LogP contribution in [0.2, 0.25) is 0 Å². The van der Waals surface area contributed by atoms with Crippen molar-refractivity contribution in [2.45, 2.75) is 12.8 Å². The number of ether oxygens (including phenoxy) is 3. The molecule has 0 aromatic heterocycles. The van der Waals surface area contributed by atoms with Crippen molar-refractivity contribution in [3.63, 3.8) is 0 Å². The number of fused-ring (bicyclic) bond motifs is 1. The third-order valence-electron chi connectivity index (χ3n) is 3.03. The van der Waals surface area contributed by atoms with E-state index in [0.29, 0.717) is 36.9 Å². The Morgan fingerprint density at radius 1 is 1.06 bits per heavy atom. The first kappa shape index (κ1) is 11.1. The van der Waals surface area contributed by atoms with Gasteiger partial charge in [-0.2, -0.15) is 0 Å². The number of hydrogen-bond acceptors (Lipinski definition) is 4. The van der Waals surface area contributed by atoms with Crippen LogP contribution in [0.5, 0.6) is 11.5 Å². The van der Waals surface area contributed by atoms with E-state index in [9.17, 15) is 4.79 Å². The molecular weight excluding hydrogens is 232 g/mol. The lowest BCUT2D eigenvalue weighted by Gasteiger charge is -2.19. The van der Waals surface area contributed by atoms with Crippen LogP contribution in [0.25, 0.3) is 0 Å². The summed E-state index contributed by atoms with van der Waals surface area (Å²) in [6.45, 7) is 1.77. The van der Waals surface area contributed by atoms with E-state index in [0.717, 1.165) is 18.4 Å². The zero-order chi connectivity index (χ0) is 12.4. The fourth-order valence-electron chi connectivity index (χ4n) is 2.10. The molecule has 0 bridgehead atoms. The van der Waals surface area contributed by atoms with Crippen molar-refractivity contribution in [2.75, 3.05) is 19.8 Å².